The SMILES string of the molecule is O=Cc1ccc(-c2ccc(-c3ccc(N(c4ccc(-c5cccc6c5oc5ccccc56)cc4)c4ccc(-n5c6ccccc6c6ccccc65)cc4)cc3)cc2)cc1. The lowest BCUT2D eigenvalue weighted by Crippen LogP contribution is -2.10. The monoisotopic (exact) mass is 756 g/mol. The number of carbonyl (C=O) groups excluding carboxylic acids is 1. The number of rotatable bonds is 8. The molecule has 0 N–H and O–H groups in total. The number of anilines is 3. The van der Waals surface area contributed by atoms with Crippen molar-refractivity contribution >= 4 is 67.1 Å². The fourth-order valence-corrected chi connectivity index (χ4v) is 8.58. The summed E-state index contributed by atoms with van der Waals surface area (Å²) in [7, 11) is 0. The van der Waals surface area contributed by atoms with Gasteiger partial charge in [-0.3, -0.25) is 4.79 Å². The van der Waals surface area contributed by atoms with E-state index in [9.17, 15) is 4.79 Å². The second kappa shape index (κ2) is 14.2. The second-order valence-corrected chi connectivity index (χ2v) is 14.9. The molecule has 0 saturated carbocycles. The van der Waals surface area contributed by atoms with Gasteiger partial charge in [-0.1, -0.05) is 146 Å². The fraction of sp³-hybridized carbons (Fsp3) is 0. The third kappa shape index (κ3) is 5.98. The lowest BCUT2D eigenvalue weighted by Gasteiger charge is -2.26. The number of aromatic nitrogens is 1. The zero-order valence-electron chi connectivity index (χ0n) is 32.0. The smallest absolute Gasteiger partial charge is 0.150 e. The Morgan fingerprint density at radius 2 is 0.831 bits per heavy atom. The van der Waals surface area contributed by atoms with E-state index >= 15 is 0 Å². The topological polar surface area (TPSA) is 38.4 Å². The molecule has 0 atom stereocenters. The van der Waals surface area contributed by atoms with Crippen molar-refractivity contribution in [3.8, 4) is 39.1 Å². The quantitative estimate of drug-likeness (QED) is 0.145. The Morgan fingerprint density at radius 1 is 0.390 bits per heavy atom. The highest BCUT2D eigenvalue weighted by Crippen LogP contribution is 2.40. The first kappa shape index (κ1) is 34.3. The lowest BCUT2D eigenvalue weighted by molar-refractivity contribution is 0.112. The Hall–Kier alpha value is -7.95. The molecular weight excluding hydrogens is 721 g/mol. The minimum atomic E-state index is 0.676. The van der Waals surface area contributed by atoms with E-state index in [0.717, 1.165) is 84.4 Å². The first-order valence-corrected chi connectivity index (χ1v) is 19.9. The molecule has 9 aromatic carbocycles. The minimum absolute atomic E-state index is 0.676. The Balaban J connectivity index is 0.971. The van der Waals surface area contributed by atoms with Crippen LogP contribution in [0.15, 0.2) is 217 Å². The highest BCUT2D eigenvalue weighted by Gasteiger charge is 2.17. The van der Waals surface area contributed by atoms with Crippen LogP contribution in [0.4, 0.5) is 17.1 Å². The molecule has 0 aliphatic carbocycles. The highest BCUT2D eigenvalue weighted by atomic mass is 16.3. The molecule has 4 nitrogen and oxygen atoms in total. The van der Waals surface area contributed by atoms with Crippen molar-refractivity contribution in [2.45, 2.75) is 0 Å². The van der Waals surface area contributed by atoms with Gasteiger partial charge in [-0.15, -0.1) is 0 Å². The van der Waals surface area contributed by atoms with Gasteiger partial charge in [-0.05, 0) is 94.5 Å². The van der Waals surface area contributed by atoms with E-state index in [1.807, 2.05) is 36.4 Å². The van der Waals surface area contributed by atoms with Crippen molar-refractivity contribution in [1.29, 1.82) is 0 Å². The molecule has 0 aliphatic rings. The molecule has 0 radical (unpaired) electrons. The molecule has 2 heterocycles. The summed E-state index contributed by atoms with van der Waals surface area (Å²) in [4.78, 5) is 13.5. The normalized spacial score (nSPS) is 11.5. The fourth-order valence-electron chi connectivity index (χ4n) is 8.58. The predicted molar refractivity (Wildman–Crippen MR) is 244 cm³/mol. The molecule has 59 heavy (non-hydrogen) atoms. The second-order valence-electron chi connectivity index (χ2n) is 14.9. The minimum Gasteiger partial charge on any atom is -0.455 e. The van der Waals surface area contributed by atoms with E-state index in [0.29, 0.717) is 5.56 Å². The van der Waals surface area contributed by atoms with Crippen LogP contribution in [-0.4, -0.2) is 10.9 Å². The van der Waals surface area contributed by atoms with Crippen LogP contribution in [0, 0.1) is 0 Å². The van der Waals surface area contributed by atoms with E-state index in [1.165, 1.54) is 21.8 Å². The molecule has 0 amide bonds. The lowest BCUT2D eigenvalue weighted by atomic mass is 9.99. The molecule has 2 aromatic heterocycles. The highest BCUT2D eigenvalue weighted by molar-refractivity contribution is 6.10. The molecule has 0 bridgehead atoms. The molecule has 0 aliphatic heterocycles. The molecule has 4 heteroatoms. The first-order valence-electron chi connectivity index (χ1n) is 19.9. The number of fused-ring (bicyclic) bond motifs is 6. The number of furan rings is 1. The molecule has 0 spiro atoms. The van der Waals surface area contributed by atoms with Gasteiger partial charge in [0, 0.05) is 55.4 Å². The number of nitrogens with zero attached hydrogens (tertiary/aromatic N) is 2. The standard InChI is InChI=1S/C55H36N2O2/c58-36-37-16-18-38(19-17-37)39-20-22-40(23-21-39)41-24-28-43(29-25-41)56(44-30-26-42(27-31-44)47-11-7-12-51-50-10-3-6-15-54(50)59-55(47)51)45-32-34-46(35-33-45)57-52-13-4-1-8-48(52)49-9-2-5-14-53(49)57/h1-36H. The van der Waals surface area contributed by atoms with Crippen LogP contribution in [0.1, 0.15) is 10.4 Å². The van der Waals surface area contributed by atoms with Crippen LogP contribution in [0.5, 0.6) is 0 Å². The van der Waals surface area contributed by atoms with Crippen LogP contribution in [-0.2, 0) is 0 Å². The average molecular weight is 757 g/mol. The maximum atomic E-state index is 11.1. The Morgan fingerprint density at radius 3 is 1.39 bits per heavy atom. The van der Waals surface area contributed by atoms with Gasteiger partial charge in [0.1, 0.15) is 17.5 Å². The number of carbonyl (C=O) groups is 1. The van der Waals surface area contributed by atoms with Crippen LogP contribution in [0.2, 0.25) is 0 Å². The molecule has 0 unspecified atom stereocenters. The van der Waals surface area contributed by atoms with Gasteiger partial charge in [-0.2, -0.15) is 0 Å². The average Bonchev–Trinajstić information content (AvgIpc) is 3.86. The summed E-state index contributed by atoms with van der Waals surface area (Å²) in [6.07, 6.45) is 0.874. The van der Waals surface area contributed by atoms with Crippen molar-refractivity contribution in [2.24, 2.45) is 0 Å². The van der Waals surface area contributed by atoms with Crippen molar-refractivity contribution in [3.63, 3.8) is 0 Å². The van der Waals surface area contributed by atoms with E-state index in [4.69, 9.17) is 4.42 Å². The Labute approximate surface area is 341 Å². The predicted octanol–water partition coefficient (Wildman–Crippen LogP) is 15.0. The summed E-state index contributed by atoms with van der Waals surface area (Å²) in [6.45, 7) is 0. The van der Waals surface area contributed by atoms with Gasteiger partial charge in [0.05, 0.1) is 11.0 Å². The Kier molecular flexibility index (Phi) is 8.26. The van der Waals surface area contributed by atoms with Gasteiger partial charge in [0.15, 0.2) is 0 Å². The maximum absolute atomic E-state index is 11.1. The van der Waals surface area contributed by atoms with E-state index in [-0.39, 0.29) is 0 Å². The zero-order valence-corrected chi connectivity index (χ0v) is 32.0. The summed E-state index contributed by atoms with van der Waals surface area (Å²) >= 11 is 0. The zero-order chi connectivity index (χ0) is 39.3. The molecule has 278 valence electrons. The summed E-state index contributed by atoms with van der Waals surface area (Å²) in [5.74, 6) is 0. The van der Waals surface area contributed by atoms with Crippen molar-refractivity contribution in [2.75, 3.05) is 4.90 Å². The molecule has 11 aromatic rings. The third-order valence-corrected chi connectivity index (χ3v) is 11.5. The van der Waals surface area contributed by atoms with E-state index in [1.54, 1.807) is 0 Å². The van der Waals surface area contributed by atoms with E-state index < -0.39 is 0 Å². The van der Waals surface area contributed by atoms with Crippen molar-refractivity contribution in [1.82, 2.24) is 4.57 Å². The van der Waals surface area contributed by atoms with Crippen LogP contribution < -0.4 is 4.90 Å². The van der Waals surface area contributed by atoms with Crippen molar-refractivity contribution in [3.05, 3.63) is 218 Å². The van der Waals surface area contributed by atoms with Crippen LogP contribution in [0.3, 0.4) is 0 Å². The number of hydrogen-bond acceptors (Lipinski definition) is 3. The first-order chi connectivity index (χ1) is 29.2. The van der Waals surface area contributed by atoms with Gasteiger partial charge in [0.2, 0.25) is 0 Å². The summed E-state index contributed by atoms with van der Waals surface area (Å²) in [5, 5.41) is 4.74. The molecule has 0 saturated heterocycles. The number of benzene rings is 9. The third-order valence-electron chi connectivity index (χ3n) is 11.5. The van der Waals surface area contributed by atoms with Crippen LogP contribution >= 0.6 is 0 Å². The summed E-state index contributed by atoms with van der Waals surface area (Å²) in [6, 6.07) is 74.6. The van der Waals surface area contributed by atoms with Gasteiger partial charge < -0.3 is 13.9 Å². The van der Waals surface area contributed by atoms with Gasteiger partial charge in [-0.25, -0.2) is 0 Å². The largest absolute Gasteiger partial charge is 0.455 e. The molecular formula is C55H36N2O2. The summed E-state index contributed by atoms with van der Waals surface area (Å²) in [5.41, 5.74) is 15.7. The van der Waals surface area contributed by atoms with Crippen molar-refractivity contribution < 1.29 is 9.21 Å². The molecule has 0 fully saturated rings. The molecule has 11 rings (SSSR count). The van der Waals surface area contributed by atoms with Crippen LogP contribution in [0.25, 0.3) is 82.8 Å². The number of para-hydroxylation sites is 4. The number of aldehydes is 1. The van der Waals surface area contributed by atoms with Gasteiger partial charge >= 0.3 is 0 Å². The maximum Gasteiger partial charge on any atom is 0.150 e. The van der Waals surface area contributed by atoms with Gasteiger partial charge in [0.25, 0.3) is 0 Å². The number of hydrogen-bond donors (Lipinski definition) is 0. The summed E-state index contributed by atoms with van der Waals surface area (Å²) < 4.78 is 8.76. The van der Waals surface area contributed by atoms with E-state index in [2.05, 4.69) is 185 Å². The Bertz CT molecular complexity index is 3250.